The third-order valence-electron chi connectivity index (χ3n) is 5.24. The van der Waals surface area contributed by atoms with Crippen molar-refractivity contribution in [1.29, 1.82) is 0 Å². The Hall–Kier alpha value is -1.64. The number of carbonyl (C=O) groups excluding carboxylic acids is 2. The maximum Gasteiger partial charge on any atom is 0.309 e. The van der Waals surface area contributed by atoms with Crippen molar-refractivity contribution in [2.45, 2.75) is 65.0 Å². The molecular weight excluding hydrogens is 368 g/mol. The van der Waals surface area contributed by atoms with Gasteiger partial charge in [-0.05, 0) is 18.3 Å². The van der Waals surface area contributed by atoms with Gasteiger partial charge in [-0.1, -0.05) is 27.7 Å². The maximum atomic E-state index is 12.1. The molecule has 5 atom stereocenters. The van der Waals surface area contributed by atoms with Crippen molar-refractivity contribution in [2.24, 2.45) is 23.7 Å². The molecule has 2 aliphatic rings. The number of hydrogen-bond donors (Lipinski definition) is 3. The van der Waals surface area contributed by atoms with Crippen LogP contribution in [0.2, 0.25) is 0 Å². The van der Waals surface area contributed by atoms with Crippen molar-refractivity contribution >= 4 is 11.9 Å². The fourth-order valence-corrected chi connectivity index (χ4v) is 3.82. The summed E-state index contributed by atoms with van der Waals surface area (Å²) in [6, 6.07) is 0. The van der Waals surface area contributed by atoms with E-state index in [0.29, 0.717) is 5.57 Å². The van der Waals surface area contributed by atoms with Crippen LogP contribution in [0.5, 0.6) is 0 Å². The molecule has 1 heterocycles. The molecule has 0 aromatic rings. The SMILES string of the molecule is CC(C)CC(=O)OCC1=COC(OC(=O)CC(C)C)C2C1CC(O)C2(O)CO. The Kier molecular flexibility index (Phi) is 7.47. The molecular formula is C20H32O8. The van der Waals surface area contributed by atoms with Gasteiger partial charge in [-0.2, -0.15) is 0 Å². The minimum absolute atomic E-state index is 0.0480. The first kappa shape index (κ1) is 22.6. The molecule has 2 rings (SSSR count). The average Bonchev–Trinajstić information content (AvgIpc) is 2.85. The molecule has 1 aliphatic heterocycles. The lowest BCUT2D eigenvalue weighted by Gasteiger charge is -2.39. The highest BCUT2D eigenvalue weighted by molar-refractivity contribution is 5.70. The summed E-state index contributed by atoms with van der Waals surface area (Å²) in [6.07, 6.45) is -0.401. The molecule has 8 nitrogen and oxygen atoms in total. The monoisotopic (exact) mass is 400 g/mol. The normalized spacial score (nSPS) is 32.0. The lowest BCUT2D eigenvalue weighted by atomic mass is 9.80. The summed E-state index contributed by atoms with van der Waals surface area (Å²) in [5, 5.41) is 30.9. The van der Waals surface area contributed by atoms with Gasteiger partial charge in [0.2, 0.25) is 6.29 Å². The van der Waals surface area contributed by atoms with Gasteiger partial charge in [0.05, 0.1) is 24.9 Å². The van der Waals surface area contributed by atoms with Crippen molar-refractivity contribution in [3.8, 4) is 0 Å². The van der Waals surface area contributed by atoms with E-state index in [1.165, 1.54) is 6.26 Å². The summed E-state index contributed by atoms with van der Waals surface area (Å²) in [6.45, 7) is 6.80. The summed E-state index contributed by atoms with van der Waals surface area (Å²) in [7, 11) is 0. The summed E-state index contributed by atoms with van der Waals surface area (Å²) in [5.41, 5.74) is -1.31. The van der Waals surface area contributed by atoms with Crippen LogP contribution in [0.15, 0.2) is 11.8 Å². The summed E-state index contributed by atoms with van der Waals surface area (Å²) in [5.74, 6) is -1.91. The number of aliphatic hydroxyl groups excluding tert-OH is 2. The number of fused-ring (bicyclic) bond motifs is 1. The lowest BCUT2D eigenvalue weighted by Crippen LogP contribution is -2.54. The van der Waals surface area contributed by atoms with Crippen LogP contribution in [-0.4, -0.2) is 58.5 Å². The number of rotatable bonds is 8. The molecule has 3 N–H and O–H groups in total. The summed E-state index contributed by atoms with van der Waals surface area (Å²) in [4.78, 5) is 23.9. The van der Waals surface area contributed by atoms with E-state index in [0.717, 1.165) is 0 Å². The van der Waals surface area contributed by atoms with Crippen molar-refractivity contribution in [3.05, 3.63) is 11.8 Å². The van der Waals surface area contributed by atoms with Crippen molar-refractivity contribution in [1.82, 2.24) is 0 Å². The van der Waals surface area contributed by atoms with Crippen LogP contribution in [-0.2, 0) is 23.8 Å². The average molecular weight is 400 g/mol. The number of ether oxygens (including phenoxy) is 3. The number of esters is 2. The fourth-order valence-electron chi connectivity index (χ4n) is 3.82. The zero-order chi connectivity index (χ0) is 21.1. The fraction of sp³-hybridized carbons (Fsp3) is 0.800. The largest absolute Gasteiger partial charge is 0.462 e. The van der Waals surface area contributed by atoms with Crippen LogP contribution in [0, 0.1) is 23.7 Å². The van der Waals surface area contributed by atoms with Gasteiger partial charge in [0.15, 0.2) is 0 Å². The zero-order valence-corrected chi connectivity index (χ0v) is 17.0. The Morgan fingerprint density at radius 2 is 1.82 bits per heavy atom. The van der Waals surface area contributed by atoms with Crippen LogP contribution >= 0.6 is 0 Å². The highest BCUT2D eigenvalue weighted by Gasteiger charge is 2.60. The molecule has 1 aliphatic carbocycles. The molecule has 0 bridgehead atoms. The number of carbonyl (C=O) groups is 2. The molecule has 0 spiro atoms. The highest BCUT2D eigenvalue weighted by atomic mass is 16.7. The highest BCUT2D eigenvalue weighted by Crippen LogP contribution is 2.49. The van der Waals surface area contributed by atoms with Crippen molar-refractivity contribution in [3.63, 3.8) is 0 Å². The van der Waals surface area contributed by atoms with Gasteiger partial charge in [-0.3, -0.25) is 9.59 Å². The number of hydrogen-bond acceptors (Lipinski definition) is 8. The van der Waals surface area contributed by atoms with Gasteiger partial charge in [-0.25, -0.2) is 0 Å². The Balaban J connectivity index is 2.17. The molecule has 0 radical (unpaired) electrons. The molecule has 160 valence electrons. The van der Waals surface area contributed by atoms with E-state index in [1.54, 1.807) is 0 Å². The first-order valence-electron chi connectivity index (χ1n) is 9.79. The van der Waals surface area contributed by atoms with Gasteiger partial charge in [0, 0.05) is 24.3 Å². The maximum absolute atomic E-state index is 12.1. The van der Waals surface area contributed by atoms with Gasteiger partial charge >= 0.3 is 11.9 Å². The Morgan fingerprint density at radius 3 is 2.39 bits per heavy atom. The second-order valence-corrected chi connectivity index (χ2v) is 8.58. The van der Waals surface area contributed by atoms with E-state index in [4.69, 9.17) is 14.2 Å². The standard InChI is InChI=1S/C20H32O8/c1-11(2)5-16(23)26-8-13-9-27-19(28-17(24)6-12(3)4)18-14(13)7-15(22)20(18,25)10-21/h9,11-12,14-15,18-19,21-22,25H,5-8,10H2,1-4H3. The van der Waals surface area contributed by atoms with Gasteiger partial charge in [0.25, 0.3) is 0 Å². The third-order valence-corrected chi connectivity index (χ3v) is 5.24. The second kappa shape index (κ2) is 9.24. The molecule has 1 saturated carbocycles. The molecule has 0 saturated heterocycles. The Morgan fingerprint density at radius 1 is 1.21 bits per heavy atom. The van der Waals surface area contributed by atoms with E-state index in [9.17, 15) is 24.9 Å². The topological polar surface area (TPSA) is 123 Å². The molecule has 28 heavy (non-hydrogen) atoms. The Labute approximate surface area is 165 Å². The van der Waals surface area contributed by atoms with Gasteiger partial charge in [-0.15, -0.1) is 0 Å². The predicted octanol–water partition coefficient (Wildman–Crippen LogP) is 1.13. The minimum atomic E-state index is -1.88. The van der Waals surface area contributed by atoms with E-state index in [-0.39, 0.29) is 43.7 Å². The zero-order valence-electron chi connectivity index (χ0n) is 17.0. The van der Waals surface area contributed by atoms with E-state index in [2.05, 4.69) is 0 Å². The van der Waals surface area contributed by atoms with Crippen LogP contribution in [0.3, 0.4) is 0 Å². The van der Waals surface area contributed by atoms with Crippen molar-refractivity contribution < 1.29 is 39.1 Å². The van der Waals surface area contributed by atoms with E-state index < -0.39 is 42.4 Å². The molecule has 0 aromatic heterocycles. The molecule has 0 amide bonds. The van der Waals surface area contributed by atoms with Crippen LogP contribution in [0.4, 0.5) is 0 Å². The summed E-state index contributed by atoms with van der Waals surface area (Å²) < 4.78 is 16.2. The molecule has 5 unspecified atom stereocenters. The molecule has 0 aromatic carbocycles. The quantitative estimate of drug-likeness (QED) is 0.518. The minimum Gasteiger partial charge on any atom is -0.462 e. The van der Waals surface area contributed by atoms with Crippen LogP contribution < -0.4 is 0 Å². The number of aliphatic hydroxyl groups is 3. The molecule has 8 heteroatoms. The van der Waals surface area contributed by atoms with E-state index >= 15 is 0 Å². The molecule has 1 fully saturated rings. The first-order valence-corrected chi connectivity index (χ1v) is 9.79. The van der Waals surface area contributed by atoms with Crippen LogP contribution in [0.1, 0.15) is 47.0 Å². The first-order chi connectivity index (χ1) is 13.1. The van der Waals surface area contributed by atoms with Gasteiger partial charge in [0.1, 0.15) is 12.2 Å². The van der Waals surface area contributed by atoms with Crippen molar-refractivity contribution in [2.75, 3.05) is 13.2 Å². The third kappa shape index (κ3) is 5.04. The summed E-state index contributed by atoms with van der Waals surface area (Å²) >= 11 is 0. The predicted molar refractivity (Wildman–Crippen MR) is 98.6 cm³/mol. The lowest BCUT2D eigenvalue weighted by molar-refractivity contribution is -0.218. The van der Waals surface area contributed by atoms with Crippen LogP contribution in [0.25, 0.3) is 0 Å². The van der Waals surface area contributed by atoms with Gasteiger partial charge < -0.3 is 29.5 Å². The second-order valence-electron chi connectivity index (χ2n) is 8.58. The Bertz CT molecular complexity index is 599. The smallest absolute Gasteiger partial charge is 0.309 e. The van der Waals surface area contributed by atoms with E-state index in [1.807, 2.05) is 27.7 Å².